The Kier molecular flexibility index (Phi) is 2.78. The fourth-order valence-corrected chi connectivity index (χ4v) is 2.22. The smallest absolute Gasteiger partial charge is 0.269 e. The highest BCUT2D eigenvalue weighted by atomic mass is 16.5. The predicted octanol–water partition coefficient (Wildman–Crippen LogP) is 1.44. The summed E-state index contributed by atoms with van der Waals surface area (Å²) in [4.78, 5) is 17.0. The number of aryl methyl sites for hydroxylation is 2. The lowest BCUT2D eigenvalue weighted by atomic mass is 10.3. The van der Waals surface area contributed by atoms with Crippen LogP contribution in [0.3, 0.4) is 0 Å². The highest BCUT2D eigenvalue weighted by molar-refractivity contribution is 5.73. The van der Waals surface area contributed by atoms with E-state index in [1.54, 1.807) is 36.5 Å². The summed E-state index contributed by atoms with van der Waals surface area (Å²) in [5.41, 5.74) is 1.23. The molecule has 0 saturated carbocycles. The Morgan fingerprint density at radius 2 is 1.90 bits per heavy atom. The topological polar surface area (TPSA) is 61.9 Å². The lowest BCUT2D eigenvalue weighted by Gasteiger charge is -2.10. The van der Waals surface area contributed by atoms with E-state index in [4.69, 9.17) is 4.74 Å². The van der Waals surface area contributed by atoms with E-state index in [9.17, 15) is 4.79 Å². The Bertz CT molecular complexity index is 831. The van der Waals surface area contributed by atoms with Crippen LogP contribution in [0, 0.1) is 6.92 Å². The van der Waals surface area contributed by atoms with E-state index < -0.39 is 0 Å². The monoisotopic (exact) mass is 270 g/mol. The fourth-order valence-electron chi connectivity index (χ4n) is 2.22. The van der Waals surface area contributed by atoms with Crippen molar-refractivity contribution >= 4 is 11.0 Å². The van der Waals surface area contributed by atoms with E-state index in [0.29, 0.717) is 16.9 Å². The van der Waals surface area contributed by atoms with Gasteiger partial charge < -0.3 is 4.74 Å². The zero-order valence-corrected chi connectivity index (χ0v) is 11.5. The van der Waals surface area contributed by atoms with Crippen LogP contribution in [0.1, 0.15) is 5.82 Å². The summed E-state index contributed by atoms with van der Waals surface area (Å²) in [6.07, 6.45) is 1.55. The van der Waals surface area contributed by atoms with Crippen molar-refractivity contribution < 1.29 is 4.74 Å². The van der Waals surface area contributed by atoms with Gasteiger partial charge in [-0.2, -0.15) is 5.10 Å². The molecule has 0 atom stereocenters. The van der Waals surface area contributed by atoms with Crippen LogP contribution in [0.2, 0.25) is 0 Å². The van der Waals surface area contributed by atoms with Crippen molar-refractivity contribution in [2.45, 2.75) is 6.92 Å². The third-order valence-electron chi connectivity index (χ3n) is 3.26. The molecule has 6 nitrogen and oxygen atoms in total. The zero-order chi connectivity index (χ0) is 14.3. The number of hydrogen-bond donors (Lipinski definition) is 0. The minimum atomic E-state index is -0.120. The summed E-state index contributed by atoms with van der Waals surface area (Å²) in [5, 5.41) is 4.59. The van der Waals surface area contributed by atoms with Gasteiger partial charge in [0.05, 0.1) is 19.0 Å². The maximum absolute atomic E-state index is 12.6. The van der Waals surface area contributed by atoms with Crippen LogP contribution in [-0.2, 0) is 7.05 Å². The summed E-state index contributed by atoms with van der Waals surface area (Å²) >= 11 is 0. The SMILES string of the molecule is COc1ccc(-n2c(C)nc3c(cnn3C)c2=O)cc1. The van der Waals surface area contributed by atoms with Crippen LogP contribution in [0.15, 0.2) is 35.3 Å². The Hall–Kier alpha value is -2.63. The summed E-state index contributed by atoms with van der Waals surface area (Å²) in [5.74, 6) is 1.37. The first-order chi connectivity index (χ1) is 9.61. The molecule has 0 saturated heterocycles. The van der Waals surface area contributed by atoms with E-state index in [1.807, 2.05) is 24.3 Å². The van der Waals surface area contributed by atoms with Crippen LogP contribution < -0.4 is 10.3 Å². The number of aromatic nitrogens is 4. The number of nitrogens with zero attached hydrogens (tertiary/aromatic N) is 4. The number of methoxy groups -OCH3 is 1. The number of hydrogen-bond acceptors (Lipinski definition) is 4. The molecule has 6 heteroatoms. The summed E-state index contributed by atoms with van der Waals surface area (Å²) < 4.78 is 8.29. The van der Waals surface area contributed by atoms with Gasteiger partial charge in [-0.05, 0) is 31.2 Å². The molecule has 0 radical (unpaired) electrons. The highest BCUT2D eigenvalue weighted by Gasteiger charge is 2.12. The van der Waals surface area contributed by atoms with Gasteiger partial charge in [-0.3, -0.25) is 14.0 Å². The summed E-state index contributed by atoms with van der Waals surface area (Å²) in [6.45, 7) is 1.80. The number of ether oxygens (including phenoxy) is 1. The molecule has 2 aromatic heterocycles. The molecule has 0 aliphatic heterocycles. The van der Waals surface area contributed by atoms with Crippen LogP contribution in [0.4, 0.5) is 0 Å². The molecule has 0 aliphatic rings. The molecule has 0 unspecified atom stereocenters. The molecule has 0 fully saturated rings. The molecule has 0 aliphatic carbocycles. The fraction of sp³-hybridized carbons (Fsp3) is 0.214. The van der Waals surface area contributed by atoms with Crippen molar-refractivity contribution in [2.75, 3.05) is 7.11 Å². The van der Waals surface area contributed by atoms with Crippen molar-refractivity contribution in [3.8, 4) is 11.4 Å². The summed E-state index contributed by atoms with van der Waals surface area (Å²) in [7, 11) is 3.38. The standard InChI is InChI=1S/C14H14N4O2/c1-9-16-13-12(8-15-17(13)2)14(19)18(9)10-4-6-11(20-3)7-5-10/h4-8H,1-3H3. The molecule has 1 aromatic carbocycles. The number of benzene rings is 1. The molecule has 102 valence electrons. The molecule has 3 aromatic rings. The molecular weight excluding hydrogens is 256 g/mol. The molecule has 2 heterocycles. The van der Waals surface area contributed by atoms with Gasteiger partial charge in [0.25, 0.3) is 5.56 Å². The average molecular weight is 270 g/mol. The molecule has 3 rings (SSSR count). The Labute approximate surface area is 115 Å². The Balaban J connectivity index is 2.27. The van der Waals surface area contributed by atoms with Gasteiger partial charge in [-0.15, -0.1) is 0 Å². The van der Waals surface area contributed by atoms with E-state index >= 15 is 0 Å². The molecule has 20 heavy (non-hydrogen) atoms. The number of rotatable bonds is 2. The molecular formula is C14H14N4O2. The third kappa shape index (κ3) is 1.77. The molecule has 0 spiro atoms. The van der Waals surface area contributed by atoms with Crippen LogP contribution in [-0.4, -0.2) is 26.4 Å². The molecule has 0 N–H and O–H groups in total. The van der Waals surface area contributed by atoms with Crippen molar-refractivity contribution in [3.05, 3.63) is 46.6 Å². The van der Waals surface area contributed by atoms with Crippen molar-refractivity contribution in [2.24, 2.45) is 7.05 Å². The minimum Gasteiger partial charge on any atom is -0.497 e. The van der Waals surface area contributed by atoms with E-state index in [0.717, 1.165) is 11.4 Å². The second kappa shape index (κ2) is 4.48. The summed E-state index contributed by atoms with van der Waals surface area (Å²) in [6, 6.07) is 7.29. The Morgan fingerprint density at radius 1 is 1.20 bits per heavy atom. The van der Waals surface area contributed by atoms with Gasteiger partial charge in [-0.1, -0.05) is 0 Å². The van der Waals surface area contributed by atoms with Crippen LogP contribution in [0.5, 0.6) is 5.75 Å². The first-order valence-corrected chi connectivity index (χ1v) is 6.17. The Morgan fingerprint density at radius 3 is 2.55 bits per heavy atom. The second-order valence-corrected chi connectivity index (χ2v) is 4.50. The van der Waals surface area contributed by atoms with Gasteiger partial charge in [0.15, 0.2) is 5.65 Å². The van der Waals surface area contributed by atoms with Crippen molar-refractivity contribution in [3.63, 3.8) is 0 Å². The lowest BCUT2D eigenvalue weighted by molar-refractivity contribution is 0.414. The number of fused-ring (bicyclic) bond motifs is 1. The van der Waals surface area contributed by atoms with Gasteiger partial charge in [0.2, 0.25) is 0 Å². The van der Waals surface area contributed by atoms with Crippen LogP contribution in [0.25, 0.3) is 16.7 Å². The first-order valence-electron chi connectivity index (χ1n) is 6.17. The lowest BCUT2D eigenvalue weighted by Crippen LogP contribution is -2.22. The highest BCUT2D eigenvalue weighted by Crippen LogP contribution is 2.16. The largest absolute Gasteiger partial charge is 0.497 e. The zero-order valence-electron chi connectivity index (χ0n) is 11.5. The van der Waals surface area contributed by atoms with Gasteiger partial charge in [-0.25, -0.2) is 4.98 Å². The van der Waals surface area contributed by atoms with Crippen molar-refractivity contribution in [1.29, 1.82) is 0 Å². The van der Waals surface area contributed by atoms with Gasteiger partial charge in [0.1, 0.15) is 17.0 Å². The van der Waals surface area contributed by atoms with Gasteiger partial charge >= 0.3 is 0 Å². The third-order valence-corrected chi connectivity index (χ3v) is 3.26. The van der Waals surface area contributed by atoms with E-state index in [2.05, 4.69) is 10.1 Å². The maximum atomic E-state index is 12.6. The second-order valence-electron chi connectivity index (χ2n) is 4.50. The normalized spacial score (nSPS) is 10.9. The van der Waals surface area contributed by atoms with E-state index in [-0.39, 0.29) is 5.56 Å². The predicted molar refractivity (Wildman–Crippen MR) is 75.4 cm³/mol. The maximum Gasteiger partial charge on any atom is 0.269 e. The first kappa shape index (κ1) is 12.4. The minimum absolute atomic E-state index is 0.120. The average Bonchev–Trinajstić information content (AvgIpc) is 2.81. The van der Waals surface area contributed by atoms with Gasteiger partial charge in [0, 0.05) is 7.05 Å². The van der Waals surface area contributed by atoms with E-state index in [1.165, 1.54) is 0 Å². The molecule has 0 bridgehead atoms. The van der Waals surface area contributed by atoms with Crippen molar-refractivity contribution in [1.82, 2.24) is 19.3 Å². The van der Waals surface area contributed by atoms with Crippen LogP contribution >= 0.6 is 0 Å². The quantitative estimate of drug-likeness (QED) is 0.707. The molecule has 0 amide bonds.